The highest BCUT2D eigenvalue weighted by Gasteiger charge is 2.47. The molecule has 5 rings (SSSR count). The van der Waals surface area contributed by atoms with Crippen LogP contribution in [-0.4, -0.2) is 32.4 Å². The molecule has 2 aromatic heterocycles. The lowest BCUT2D eigenvalue weighted by atomic mass is 9.83. The number of aliphatic hydroxyl groups is 2. The third-order valence-electron chi connectivity index (χ3n) is 5.15. The molecule has 0 fully saturated rings. The smallest absolute Gasteiger partial charge is 0.346 e. The van der Waals surface area contributed by atoms with Crippen LogP contribution in [0.15, 0.2) is 83.6 Å². The largest absolute Gasteiger partial charge is 0.479 e. The van der Waals surface area contributed by atoms with Crippen molar-refractivity contribution in [2.75, 3.05) is 0 Å². The maximum atomic E-state index is 11.5. The summed E-state index contributed by atoms with van der Waals surface area (Å²) in [4.78, 5) is 23.5. The molecule has 4 aromatic rings. The standard InChI is InChI=1S/C14H10O4.C10H8O3S2/c15-13(16)14(17)9-5-1-3-7-11(9)18-12-8-4-2-6-10(12)14;11-9(12)10(13,7-3-1-5-14-7)8-4-2-6-15-8/h1-8,17H,(H,15,16);1-6,13H,(H,11,12). The zero-order chi connectivity index (χ0) is 23.6. The fourth-order valence-electron chi connectivity index (χ4n) is 3.50. The average molecular weight is 483 g/mol. The van der Waals surface area contributed by atoms with Crippen LogP contribution < -0.4 is 4.74 Å². The number of fused-ring (bicyclic) bond motifs is 2. The number of ether oxygens (including phenoxy) is 1. The molecule has 1 aliphatic rings. The molecule has 0 atom stereocenters. The van der Waals surface area contributed by atoms with Crippen LogP contribution in [0.2, 0.25) is 0 Å². The second kappa shape index (κ2) is 8.80. The van der Waals surface area contributed by atoms with E-state index in [-0.39, 0.29) is 11.1 Å². The van der Waals surface area contributed by atoms with E-state index in [0.717, 1.165) is 0 Å². The Labute approximate surface area is 196 Å². The molecule has 0 radical (unpaired) electrons. The zero-order valence-electron chi connectivity index (χ0n) is 16.9. The second-order valence-electron chi connectivity index (χ2n) is 7.08. The summed E-state index contributed by atoms with van der Waals surface area (Å²) < 4.78 is 5.60. The van der Waals surface area contributed by atoms with Crippen molar-refractivity contribution in [3.8, 4) is 11.5 Å². The van der Waals surface area contributed by atoms with Gasteiger partial charge in [0.05, 0.1) is 9.75 Å². The van der Waals surface area contributed by atoms with E-state index in [9.17, 15) is 24.9 Å². The fraction of sp³-hybridized carbons (Fsp3) is 0.0833. The maximum Gasteiger partial charge on any atom is 0.346 e. The van der Waals surface area contributed by atoms with Crippen LogP contribution in [0.3, 0.4) is 0 Å². The highest BCUT2D eigenvalue weighted by Crippen LogP contribution is 2.46. The number of carboxylic acids is 2. The number of benzene rings is 2. The van der Waals surface area contributed by atoms with E-state index in [0.29, 0.717) is 21.3 Å². The molecule has 0 aliphatic carbocycles. The van der Waals surface area contributed by atoms with Gasteiger partial charge in [-0.1, -0.05) is 48.5 Å². The van der Waals surface area contributed by atoms with Gasteiger partial charge < -0.3 is 25.2 Å². The molecule has 7 nitrogen and oxygen atoms in total. The van der Waals surface area contributed by atoms with E-state index >= 15 is 0 Å². The summed E-state index contributed by atoms with van der Waals surface area (Å²) in [7, 11) is 0. The fourth-order valence-corrected chi connectivity index (χ4v) is 5.23. The number of aliphatic carboxylic acids is 2. The summed E-state index contributed by atoms with van der Waals surface area (Å²) in [5.41, 5.74) is -3.47. The molecule has 0 bridgehead atoms. The summed E-state index contributed by atoms with van der Waals surface area (Å²) in [6.45, 7) is 0. The Morgan fingerprint density at radius 3 is 1.58 bits per heavy atom. The lowest BCUT2D eigenvalue weighted by Gasteiger charge is -2.32. The minimum Gasteiger partial charge on any atom is -0.479 e. The molecule has 1 aliphatic heterocycles. The van der Waals surface area contributed by atoms with Crippen LogP contribution in [0, 0.1) is 0 Å². The van der Waals surface area contributed by atoms with Crippen LogP contribution in [0.25, 0.3) is 0 Å². The van der Waals surface area contributed by atoms with E-state index in [1.807, 2.05) is 0 Å². The number of carbonyl (C=O) groups is 2. The highest BCUT2D eigenvalue weighted by atomic mass is 32.1. The van der Waals surface area contributed by atoms with Crippen LogP contribution >= 0.6 is 22.7 Å². The van der Waals surface area contributed by atoms with Gasteiger partial charge in [0.25, 0.3) is 0 Å². The summed E-state index contributed by atoms with van der Waals surface area (Å²) in [5.74, 6) is -1.83. The van der Waals surface area contributed by atoms with Crippen molar-refractivity contribution in [3.63, 3.8) is 0 Å². The molecule has 2 aromatic carbocycles. The third-order valence-corrected chi connectivity index (χ3v) is 7.11. The number of thiophene rings is 2. The predicted octanol–water partition coefficient (Wildman–Crippen LogP) is 4.24. The van der Waals surface area contributed by atoms with Crippen LogP contribution in [0.1, 0.15) is 20.9 Å². The SMILES string of the molecule is O=C(O)C(O)(c1cccs1)c1cccs1.O=C(O)C1(O)c2ccccc2Oc2ccccc21. The average Bonchev–Trinajstić information content (AvgIpc) is 3.54. The number of carboxylic acid groups (broad SMARTS) is 2. The monoisotopic (exact) mass is 482 g/mol. The molecule has 0 spiro atoms. The van der Waals surface area contributed by atoms with Gasteiger partial charge in [0.15, 0.2) is 0 Å². The van der Waals surface area contributed by atoms with Crippen LogP contribution in [-0.2, 0) is 20.8 Å². The molecular formula is C24H18O7S2. The van der Waals surface area contributed by atoms with Gasteiger partial charge in [-0.05, 0) is 35.0 Å². The van der Waals surface area contributed by atoms with E-state index < -0.39 is 23.1 Å². The molecule has 33 heavy (non-hydrogen) atoms. The lowest BCUT2D eigenvalue weighted by Crippen LogP contribution is -2.39. The topological polar surface area (TPSA) is 124 Å². The Morgan fingerprint density at radius 2 is 1.21 bits per heavy atom. The number of hydrogen-bond donors (Lipinski definition) is 4. The molecule has 0 saturated heterocycles. The molecule has 0 amide bonds. The normalized spacial score (nSPS) is 13.5. The van der Waals surface area contributed by atoms with E-state index in [4.69, 9.17) is 9.84 Å². The highest BCUT2D eigenvalue weighted by molar-refractivity contribution is 7.12. The first-order valence-electron chi connectivity index (χ1n) is 9.66. The van der Waals surface area contributed by atoms with Crippen molar-refractivity contribution < 1.29 is 34.8 Å². The number of rotatable bonds is 4. The van der Waals surface area contributed by atoms with Gasteiger partial charge in [0, 0.05) is 11.1 Å². The predicted molar refractivity (Wildman–Crippen MR) is 123 cm³/mol. The van der Waals surface area contributed by atoms with E-state index in [2.05, 4.69) is 0 Å². The summed E-state index contributed by atoms with van der Waals surface area (Å²) in [6, 6.07) is 19.9. The Balaban J connectivity index is 0.000000160. The van der Waals surface area contributed by atoms with Gasteiger partial charge in [0.2, 0.25) is 11.2 Å². The Kier molecular flexibility index (Phi) is 6.05. The van der Waals surface area contributed by atoms with Gasteiger partial charge in [-0.2, -0.15) is 0 Å². The molecule has 0 saturated carbocycles. The van der Waals surface area contributed by atoms with E-state index in [1.165, 1.54) is 22.7 Å². The first-order valence-corrected chi connectivity index (χ1v) is 11.4. The van der Waals surface area contributed by atoms with Crippen molar-refractivity contribution in [1.82, 2.24) is 0 Å². The quantitative estimate of drug-likeness (QED) is 0.343. The third kappa shape index (κ3) is 3.81. The van der Waals surface area contributed by atoms with Crippen molar-refractivity contribution in [1.29, 1.82) is 0 Å². The lowest BCUT2D eigenvalue weighted by molar-refractivity contribution is -0.155. The molecular weight excluding hydrogens is 464 g/mol. The van der Waals surface area contributed by atoms with Crippen LogP contribution in [0.4, 0.5) is 0 Å². The van der Waals surface area contributed by atoms with Crippen molar-refractivity contribution in [3.05, 3.63) is 104 Å². The van der Waals surface area contributed by atoms with Crippen LogP contribution in [0.5, 0.6) is 11.5 Å². The Bertz CT molecular complexity index is 1200. The zero-order valence-corrected chi connectivity index (χ0v) is 18.5. The Hall–Kier alpha value is -3.50. The molecule has 4 N–H and O–H groups in total. The van der Waals surface area contributed by atoms with Gasteiger partial charge in [0.1, 0.15) is 11.5 Å². The molecule has 0 unspecified atom stereocenters. The number of hydrogen-bond acceptors (Lipinski definition) is 7. The first kappa shape index (κ1) is 22.7. The van der Waals surface area contributed by atoms with Gasteiger partial charge in [-0.15, -0.1) is 22.7 Å². The van der Waals surface area contributed by atoms with Gasteiger partial charge in [-0.25, -0.2) is 9.59 Å². The first-order chi connectivity index (χ1) is 15.8. The summed E-state index contributed by atoms with van der Waals surface area (Å²) in [5, 5.41) is 42.8. The molecule has 9 heteroatoms. The molecule has 3 heterocycles. The van der Waals surface area contributed by atoms with Gasteiger partial charge >= 0.3 is 11.9 Å². The van der Waals surface area contributed by atoms with Crippen molar-refractivity contribution in [2.24, 2.45) is 0 Å². The second-order valence-corrected chi connectivity index (χ2v) is 8.98. The summed E-state index contributed by atoms with van der Waals surface area (Å²) >= 11 is 2.46. The van der Waals surface area contributed by atoms with E-state index in [1.54, 1.807) is 83.6 Å². The molecule has 168 valence electrons. The summed E-state index contributed by atoms with van der Waals surface area (Å²) in [6.07, 6.45) is 0. The minimum atomic E-state index is -2.06. The maximum absolute atomic E-state index is 11.5. The van der Waals surface area contributed by atoms with Crippen molar-refractivity contribution >= 4 is 34.6 Å². The minimum absolute atomic E-state index is 0.246. The number of para-hydroxylation sites is 2. The Morgan fingerprint density at radius 1 is 0.758 bits per heavy atom. The van der Waals surface area contributed by atoms with Crippen molar-refractivity contribution in [2.45, 2.75) is 11.2 Å². The van der Waals surface area contributed by atoms with Gasteiger partial charge in [-0.3, -0.25) is 0 Å².